The molecule has 1 aliphatic heterocycles. The molecule has 0 saturated carbocycles. The van der Waals surface area contributed by atoms with Gasteiger partial charge in [-0.05, 0) is 6.92 Å². The van der Waals surface area contributed by atoms with Crippen molar-refractivity contribution in [1.29, 1.82) is 0 Å². The molecule has 5 nitrogen and oxygen atoms in total. The average molecular weight is 251 g/mol. The molecule has 96 valence electrons. The number of hydrogen-bond acceptors (Lipinski definition) is 4. The van der Waals surface area contributed by atoms with Crippen molar-refractivity contribution in [2.24, 2.45) is 0 Å². The minimum absolute atomic E-state index is 0.0239. The predicted octanol–water partition coefficient (Wildman–Crippen LogP) is 1.37. The Balaban J connectivity index is 2.08. The molecule has 1 aromatic heterocycles. The number of aromatic nitrogens is 2. The number of ether oxygens (including phenoxy) is 2. The van der Waals surface area contributed by atoms with E-state index in [1.807, 2.05) is 0 Å². The average Bonchev–Trinajstić information content (AvgIpc) is 2.42. The summed E-state index contributed by atoms with van der Waals surface area (Å²) in [5, 5.41) is 3.87. The van der Waals surface area contributed by atoms with E-state index in [0.717, 1.165) is 6.92 Å². The fourth-order valence-electron chi connectivity index (χ4n) is 1.28. The Bertz CT molecular complexity index is 401. The zero-order valence-corrected chi connectivity index (χ0v) is 9.07. The molecule has 2 N–H and O–H groups in total. The second kappa shape index (κ2) is 4.10. The highest BCUT2D eigenvalue weighted by Gasteiger charge is 2.39. The summed E-state index contributed by atoms with van der Waals surface area (Å²) >= 11 is 0. The molecule has 8 heteroatoms. The van der Waals surface area contributed by atoms with Crippen molar-refractivity contribution in [3.8, 4) is 5.88 Å². The first kappa shape index (κ1) is 12.0. The number of nitrogens with two attached hydrogens (primary N) is 1. The van der Waals surface area contributed by atoms with Gasteiger partial charge in [0.05, 0.1) is 25.5 Å². The van der Waals surface area contributed by atoms with Crippen LogP contribution >= 0.6 is 0 Å². The number of nitrogens with zero attached hydrogens (tertiary/aromatic N) is 2. The van der Waals surface area contributed by atoms with Gasteiger partial charge in [-0.3, -0.25) is 4.68 Å². The maximum Gasteiger partial charge on any atom is 0.425 e. The van der Waals surface area contributed by atoms with Crippen LogP contribution in [0.5, 0.6) is 5.88 Å². The predicted molar refractivity (Wildman–Crippen MR) is 52.6 cm³/mol. The van der Waals surface area contributed by atoms with Gasteiger partial charge in [0.15, 0.2) is 6.10 Å². The van der Waals surface area contributed by atoms with E-state index in [-0.39, 0.29) is 17.6 Å². The van der Waals surface area contributed by atoms with Crippen molar-refractivity contribution in [3.05, 3.63) is 6.20 Å². The summed E-state index contributed by atoms with van der Waals surface area (Å²) in [6.07, 6.45) is -4.92. The lowest BCUT2D eigenvalue weighted by molar-refractivity contribution is -0.189. The van der Waals surface area contributed by atoms with E-state index in [9.17, 15) is 13.2 Å². The number of halogens is 3. The molecule has 0 aliphatic carbocycles. The lowest BCUT2D eigenvalue weighted by Crippen LogP contribution is -2.32. The standard InChI is InChI=1S/C9H12F3N3O2/c1-5(9(10,11)12)17-8-7(13)2-15(14-8)6-3-16-4-6/h2,5-6H,3-4,13H2,1H3. The summed E-state index contributed by atoms with van der Waals surface area (Å²) in [5.41, 5.74) is 5.62. The Kier molecular flexibility index (Phi) is 2.90. The number of nitrogen functional groups attached to an aromatic ring is 1. The first-order valence-corrected chi connectivity index (χ1v) is 5.03. The van der Waals surface area contributed by atoms with Crippen LogP contribution in [0.2, 0.25) is 0 Å². The quantitative estimate of drug-likeness (QED) is 0.881. The minimum atomic E-state index is -4.43. The molecule has 1 saturated heterocycles. The highest BCUT2D eigenvalue weighted by atomic mass is 19.4. The molecule has 0 spiro atoms. The Hall–Kier alpha value is -1.44. The van der Waals surface area contributed by atoms with Gasteiger partial charge >= 0.3 is 6.18 Å². The molecule has 1 aromatic rings. The second-order valence-electron chi connectivity index (χ2n) is 3.86. The van der Waals surface area contributed by atoms with E-state index >= 15 is 0 Å². The number of anilines is 1. The van der Waals surface area contributed by atoms with E-state index in [1.54, 1.807) is 0 Å². The van der Waals surface area contributed by atoms with Crippen molar-refractivity contribution in [3.63, 3.8) is 0 Å². The SMILES string of the molecule is CC(Oc1nn(C2COC2)cc1N)C(F)(F)F. The molecule has 0 bridgehead atoms. The topological polar surface area (TPSA) is 62.3 Å². The molecule has 0 amide bonds. The van der Waals surface area contributed by atoms with Crippen molar-refractivity contribution in [2.45, 2.75) is 25.2 Å². The second-order valence-corrected chi connectivity index (χ2v) is 3.86. The first-order chi connectivity index (χ1) is 7.88. The van der Waals surface area contributed by atoms with Crippen LogP contribution in [-0.4, -0.2) is 35.3 Å². The third-order valence-electron chi connectivity index (χ3n) is 2.47. The van der Waals surface area contributed by atoms with Gasteiger partial charge < -0.3 is 15.2 Å². The monoisotopic (exact) mass is 251 g/mol. The molecular formula is C9H12F3N3O2. The lowest BCUT2D eigenvalue weighted by Gasteiger charge is -2.25. The highest BCUT2D eigenvalue weighted by molar-refractivity contribution is 5.46. The molecular weight excluding hydrogens is 239 g/mol. The van der Waals surface area contributed by atoms with Crippen LogP contribution in [0.4, 0.5) is 18.9 Å². The van der Waals surface area contributed by atoms with Crippen LogP contribution in [-0.2, 0) is 4.74 Å². The van der Waals surface area contributed by atoms with Gasteiger partial charge in [0, 0.05) is 0 Å². The summed E-state index contributed by atoms with van der Waals surface area (Å²) in [4.78, 5) is 0. The summed E-state index contributed by atoms with van der Waals surface area (Å²) in [6, 6.07) is 0.0239. The molecule has 1 aliphatic rings. The van der Waals surface area contributed by atoms with Crippen molar-refractivity contribution < 1.29 is 22.6 Å². The normalized spacial score (nSPS) is 18.8. The van der Waals surface area contributed by atoms with Gasteiger partial charge in [-0.1, -0.05) is 0 Å². The van der Waals surface area contributed by atoms with Crippen LogP contribution in [0.25, 0.3) is 0 Å². The summed E-state index contributed by atoms with van der Waals surface area (Å²) in [5.74, 6) is -0.193. The Labute approximate surface area is 95.3 Å². The third-order valence-corrected chi connectivity index (χ3v) is 2.47. The van der Waals surface area contributed by atoms with Crippen LogP contribution in [0, 0.1) is 0 Å². The third kappa shape index (κ3) is 2.46. The summed E-state index contributed by atoms with van der Waals surface area (Å²) in [7, 11) is 0. The Morgan fingerprint density at radius 1 is 1.59 bits per heavy atom. The van der Waals surface area contributed by atoms with E-state index in [0.29, 0.717) is 13.2 Å². The maximum absolute atomic E-state index is 12.3. The van der Waals surface area contributed by atoms with Crippen LogP contribution in [0.15, 0.2) is 6.20 Å². The largest absolute Gasteiger partial charge is 0.462 e. The zero-order chi connectivity index (χ0) is 12.6. The summed E-state index contributed by atoms with van der Waals surface area (Å²) < 4.78 is 48.0. The molecule has 1 fully saturated rings. The van der Waals surface area contributed by atoms with Crippen molar-refractivity contribution >= 4 is 5.69 Å². The molecule has 0 radical (unpaired) electrons. The van der Waals surface area contributed by atoms with Gasteiger partial charge in [-0.2, -0.15) is 13.2 Å². The van der Waals surface area contributed by atoms with E-state index in [2.05, 4.69) is 9.84 Å². The molecule has 1 unspecified atom stereocenters. The first-order valence-electron chi connectivity index (χ1n) is 5.03. The minimum Gasteiger partial charge on any atom is -0.462 e. The van der Waals surface area contributed by atoms with E-state index in [4.69, 9.17) is 10.5 Å². The van der Waals surface area contributed by atoms with Gasteiger partial charge in [0.25, 0.3) is 5.88 Å². The van der Waals surface area contributed by atoms with E-state index < -0.39 is 12.3 Å². The number of hydrogen-bond donors (Lipinski definition) is 1. The van der Waals surface area contributed by atoms with Crippen LogP contribution in [0.3, 0.4) is 0 Å². The Morgan fingerprint density at radius 3 is 2.71 bits per heavy atom. The Morgan fingerprint density at radius 2 is 2.24 bits per heavy atom. The molecule has 17 heavy (non-hydrogen) atoms. The fraction of sp³-hybridized carbons (Fsp3) is 0.667. The van der Waals surface area contributed by atoms with Gasteiger partial charge in [0.2, 0.25) is 0 Å². The van der Waals surface area contributed by atoms with Gasteiger partial charge in [-0.15, -0.1) is 5.10 Å². The van der Waals surface area contributed by atoms with Crippen molar-refractivity contribution in [1.82, 2.24) is 9.78 Å². The fourth-order valence-corrected chi connectivity index (χ4v) is 1.28. The zero-order valence-electron chi connectivity index (χ0n) is 9.07. The molecule has 1 atom stereocenters. The van der Waals surface area contributed by atoms with Crippen LogP contribution in [0.1, 0.15) is 13.0 Å². The molecule has 2 heterocycles. The molecule has 0 aromatic carbocycles. The molecule has 2 rings (SSSR count). The smallest absolute Gasteiger partial charge is 0.425 e. The number of alkyl halides is 3. The number of rotatable bonds is 3. The maximum atomic E-state index is 12.3. The van der Waals surface area contributed by atoms with E-state index in [1.165, 1.54) is 10.9 Å². The van der Waals surface area contributed by atoms with Crippen LogP contribution < -0.4 is 10.5 Å². The summed E-state index contributed by atoms with van der Waals surface area (Å²) in [6.45, 7) is 1.87. The van der Waals surface area contributed by atoms with Gasteiger partial charge in [0.1, 0.15) is 5.69 Å². The highest BCUT2D eigenvalue weighted by Crippen LogP contribution is 2.29. The van der Waals surface area contributed by atoms with Gasteiger partial charge in [-0.25, -0.2) is 0 Å². The lowest BCUT2D eigenvalue weighted by atomic mass is 10.3. The van der Waals surface area contributed by atoms with Crippen molar-refractivity contribution in [2.75, 3.05) is 18.9 Å².